The number of anilines is 2. The molecule has 1 heterocycles. The number of thioether (sulfide) groups is 1. The predicted octanol–water partition coefficient (Wildman–Crippen LogP) is 7.13. The summed E-state index contributed by atoms with van der Waals surface area (Å²) in [6.07, 6.45) is 0.580. The molecular formula is C26H21ClN4O4S2. The maximum Gasteiger partial charge on any atom is 0.270 e. The second-order valence-corrected chi connectivity index (χ2v) is 10.4. The van der Waals surface area contributed by atoms with E-state index in [1.54, 1.807) is 30.3 Å². The zero-order valence-electron chi connectivity index (χ0n) is 19.5. The van der Waals surface area contributed by atoms with Crippen LogP contribution in [0.1, 0.15) is 23.7 Å². The number of aromatic nitrogens is 1. The molecule has 3 aromatic carbocycles. The molecular weight excluding hydrogens is 532 g/mol. The fraction of sp³-hybridized carbons (Fsp3) is 0.115. The average molecular weight is 553 g/mol. The van der Waals surface area contributed by atoms with Crippen molar-refractivity contribution in [2.75, 3.05) is 10.6 Å². The van der Waals surface area contributed by atoms with E-state index in [2.05, 4.69) is 15.6 Å². The van der Waals surface area contributed by atoms with E-state index in [0.29, 0.717) is 22.3 Å². The van der Waals surface area contributed by atoms with Crippen LogP contribution in [0.15, 0.2) is 83.1 Å². The summed E-state index contributed by atoms with van der Waals surface area (Å²) in [5.74, 6) is -0.633. The van der Waals surface area contributed by atoms with Crippen molar-refractivity contribution in [2.45, 2.75) is 23.5 Å². The largest absolute Gasteiger partial charge is 0.322 e. The highest BCUT2D eigenvalue weighted by Crippen LogP contribution is 2.30. The Hall–Kier alpha value is -3.73. The van der Waals surface area contributed by atoms with Crippen LogP contribution in [0.4, 0.5) is 16.5 Å². The Morgan fingerprint density at radius 1 is 1.08 bits per heavy atom. The van der Waals surface area contributed by atoms with Gasteiger partial charge in [0.25, 0.3) is 11.6 Å². The van der Waals surface area contributed by atoms with E-state index in [1.807, 2.05) is 30.5 Å². The number of amides is 2. The summed E-state index contributed by atoms with van der Waals surface area (Å²) in [6.45, 7) is 1.92. The lowest BCUT2D eigenvalue weighted by molar-refractivity contribution is -0.384. The molecule has 0 bridgehead atoms. The minimum atomic E-state index is -0.547. The first-order valence-corrected chi connectivity index (χ1v) is 13.3. The van der Waals surface area contributed by atoms with Gasteiger partial charge in [0, 0.05) is 44.2 Å². The first kappa shape index (κ1) is 26.3. The van der Waals surface area contributed by atoms with Gasteiger partial charge in [-0.2, -0.15) is 0 Å². The fourth-order valence-corrected chi connectivity index (χ4v) is 5.23. The number of rotatable bonds is 9. The lowest BCUT2D eigenvalue weighted by atomic mass is 10.2. The summed E-state index contributed by atoms with van der Waals surface area (Å²) in [7, 11) is 0. The molecule has 1 aromatic heterocycles. The van der Waals surface area contributed by atoms with Gasteiger partial charge < -0.3 is 10.6 Å². The first-order valence-electron chi connectivity index (χ1n) is 11.2. The van der Waals surface area contributed by atoms with E-state index in [0.717, 1.165) is 16.2 Å². The SMILES string of the molecule is CCC(Sc1cccc(NC(=O)c2cccc([N+](=O)[O-])c2)c1)C(=O)Nc1nc(-c2ccc(Cl)cc2)cs1. The quantitative estimate of drug-likeness (QED) is 0.130. The number of nitrogens with one attached hydrogen (secondary N) is 2. The summed E-state index contributed by atoms with van der Waals surface area (Å²) in [4.78, 5) is 41.3. The molecule has 0 radical (unpaired) electrons. The number of thiazole rings is 1. The first-order chi connectivity index (χ1) is 17.8. The third-order valence-electron chi connectivity index (χ3n) is 5.23. The molecule has 0 aliphatic carbocycles. The van der Waals surface area contributed by atoms with Crippen LogP contribution in [-0.4, -0.2) is 27.0 Å². The molecule has 188 valence electrons. The highest BCUT2D eigenvalue weighted by atomic mass is 35.5. The topological polar surface area (TPSA) is 114 Å². The van der Waals surface area contributed by atoms with Gasteiger partial charge in [0.15, 0.2) is 5.13 Å². The number of carbonyl (C=O) groups is 2. The smallest absolute Gasteiger partial charge is 0.270 e. The molecule has 0 fully saturated rings. The molecule has 4 rings (SSSR count). The summed E-state index contributed by atoms with van der Waals surface area (Å²) in [6, 6.07) is 20.0. The number of nitro groups is 1. The molecule has 2 amide bonds. The molecule has 4 aromatic rings. The van der Waals surface area contributed by atoms with Crippen molar-refractivity contribution in [3.63, 3.8) is 0 Å². The second-order valence-electron chi connectivity index (χ2n) is 7.84. The van der Waals surface area contributed by atoms with Crippen LogP contribution >= 0.6 is 34.7 Å². The number of carbonyl (C=O) groups excluding carboxylic acids is 2. The number of nitrogens with zero attached hydrogens (tertiary/aromatic N) is 2. The lowest BCUT2D eigenvalue weighted by Crippen LogP contribution is -2.24. The van der Waals surface area contributed by atoms with Crippen LogP contribution in [0.3, 0.4) is 0 Å². The summed E-state index contributed by atoms with van der Waals surface area (Å²) < 4.78 is 0. The second kappa shape index (κ2) is 12.0. The van der Waals surface area contributed by atoms with Crippen molar-refractivity contribution < 1.29 is 14.5 Å². The van der Waals surface area contributed by atoms with Gasteiger partial charge in [-0.15, -0.1) is 23.1 Å². The van der Waals surface area contributed by atoms with E-state index in [9.17, 15) is 19.7 Å². The molecule has 0 saturated heterocycles. The third-order valence-corrected chi connectivity index (χ3v) is 7.59. The minimum Gasteiger partial charge on any atom is -0.322 e. The Balaban J connectivity index is 1.40. The molecule has 0 saturated carbocycles. The van der Waals surface area contributed by atoms with E-state index < -0.39 is 10.8 Å². The van der Waals surface area contributed by atoms with Crippen molar-refractivity contribution in [3.8, 4) is 11.3 Å². The Morgan fingerprint density at radius 3 is 2.57 bits per heavy atom. The Labute approximate surface area is 226 Å². The molecule has 2 N–H and O–H groups in total. The van der Waals surface area contributed by atoms with Crippen LogP contribution < -0.4 is 10.6 Å². The third kappa shape index (κ3) is 6.94. The van der Waals surface area contributed by atoms with Crippen molar-refractivity contribution in [3.05, 3.63) is 98.9 Å². The molecule has 11 heteroatoms. The Morgan fingerprint density at radius 2 is 1.84 bits per heavy atom. The molecule has 8 nitrogen and oxygen atoms in total. The van der Waals surface area contributed by atoms with Gasteiger partial charge in [-0.25, -0.2) is 4.98 Å². The molecule has 0 aliphatic rings. The number of hydrogen-bond acceptors (Lipinski definition) is 7. The number of hydrogen-bond donors (Lipinski definition) is 2. The van der Waals surface area contributed by atoms with Crippen molar-refractivity contribution in [1.82, 2.24) is 4.98 Å². The minimum absolute atomic E-state index is 0.158. The summed E-state index contributed by atoms with van der Waals surface area (Å²) >= 11 is 8.67. The highest BCUT2D eigenvalue weighted by molar-refractivity contribution is 8.00. The van der Waals surface area contributed by atoms with Crippen molar-refractivity contribution >= 4 is 63.0 Å². The van der Waals surface area contributed by atoms with Crippen molar-refractivity contribution in [2.24, 2.45) is 0 Å². The van der Waals surface area contributed by atoms with Gasteiger partial charge in [-0.3, -0.25) is 19.7 Å². The molecule has 37 heavy (non-hydrogen) atoms. The molecule has 1 atom stereocenters. The zero-order chi connectivity index (χ0) is 26.4. The van der Waals surface area contributed by atoms with Crippen LogP contribution in [-0.2, 0) is 4.79 Å². The van der Waals surface area contributed by atoms with Crippen LogP contribution in [0.5, 0.6) is 0 Å². The average Bonchev–Trinajstić information content (AvgIpc) is 3.36. The summed E-state index contributed by atoms with van der Waals surface area (Å²) in [5, 5.41) is 19.3. The fourth-order valence-electron chi connectivity index (χ4n) is 3.37. The Bertz CT molecular complexity index is 1440. The van der Waals surface area contributed by atoms with Crippen molar-refractivity contribution in [1.29, 1.82) is 0 Å². The van der Waals surface area contributed by atoms with Gasteiger partial charge in [0.1, 0.15) is 0 Å². The maximum atomic E-state index is 13.0. The molecule has 0 spiro atoms. The monoisotopic (exact) mass is 552 g/mol. The number of benzene rings is 3. The molecule has 1 unspecified atom stereocenters. The van der Waals surface area contributed by atoms with Gasteiger partial charge in [0.05, 0.1) is 15.9 Å². The van der Waals surface area contributed by atoms with Crippen LogP contribution in [0.25, 0.3) is 11.3 Å². The van der Waals surface area contributed by atoms with Gasteiger partial charge in [-0.05, 0) is 42.8 Å². The lowest BCUT2D eigenvalue weighted by Gasteiger charge is -2.14. The van der Waals surface area contributed by atoms with Gasteiger partial charge in [0.2, 0.25) is 5.91 Å². The van der Waals surface area contributed by atoms with Gasteiger partial charge in [-0.1, -0.05) is 42.8 Å². The number of halogens is 1. The maximum absolute atomic E-state index is 13.0. The molecule has 0 aliphatic heterocycles. The van der Waals surface area contributed by atoms with E-state index in [4.69, 9.17) is 11.6 Å². The van der Waals surface area contributed by atoms with E-state index in [1.165, 1.54) is 47.4 Å². The van der Waals surface area contributed by atoms with Crippen LogP contribution in [0.2, 0.25) is 5.02 Å². The number of nitro benzene ring substituents is 1. The summed E-state index contributed by atoms with van der Waals surface area (Å²) in [5.41, 5.74) is 2.20. The van der Waals surface area contributed by atoms with Crippen LogP contribution in [0, 0.1) is 10.1 Å². The highest BCUT2D eigenvalue weighted by Gasteiger charge is 2.20. The Kier molecular flexibility index (Phi) is 8.54. The zero-order valence-corrected chi connectivity index (χ0v) is 21.9. The normalized spacial score (nSPS) is 11.5. The van der Waals surface area contributed by atoms with E-state index in [-0.39, 0.29) is 22.4 Å². The number of non-ortho nitro benzene ring substituents is 1. The standard InChI is InChI=1S/C26H21ClN4O4S2/c1-2-23(25(33)30-26-29-22(15-36-26)16-9-11-18(27)12-10-16)37-21-8-4-6-19(14-21)28-24(32)17-5-3-7-20(13-17)31(34)35/h3-15,23H,2H2,1H3,(H,28,32)(H,29,30,33). The predicted molar refractivity (Wildman–Crippen MR) is 149 cm³/mol. The van der Waals surface area contributed by atoms with E-state index >= 15 is 0 Å². The van der Waals surface area contributed by atoms with Gasteiger partial charge >= 0.3 is 0 Å².